The first kappa shape index (κ1) is 13.0. The van der Waals surface area contributed by atoms with Crippen LogP contribution in [0.15, 0.2) is 48.8 Å². The fourth-order valence-corrected chi connectivity index (χ4v) is 2.24. The van der Waals surface area contributed by atoms with Gasteiger partial charge in [0.2, 0.25) is 0 Å². The minimum Gasteiger partial charge on any atom is -0.388 e. The molecule has 4 heteroatoms. The number of pyridine rings is 1. The number of hydrogen-bond donors (Lipinski definition) is 2. The second kappa shape index (κ2) is 5.96. The highest BCUT2D eigenvalue weighted by molar-refractivity contribution is 6.31. The number of halogens is 1. The van der Waals surface area contributed by atoms with Crippen LogP contribution in [0.5, 0.6) is 0 Å². The van der Waals surface area contributed by atoms with Crippen LogP contribution in [0.1, 0.15) is 23.1 Å². The number of aliphatic hydroxyl groups is 1. The van der Waals surface area contributed by atoms with Crippen molar-refractivity contribution in [2.24, 2.45) is 5.73 Å². The smallest absolute Gasteiger partial charge is 0.0885 e. The van der Waals surface area contributed by atoms with Crippen LogP contribution in [0.4, 0.5) is 0 Å². The number of hydrogen-bond acceptors (Lipinski definition) is 3. The first-order valence-electron chi connectivity index (χ1n) is 5.76. The van der Waals surface area contributed by atoms with Crippen molar-refractivity contribution in [2.45, 2.75) is 12.0 Å². The van der Waals surface area contributed by atoms with Crippen LogP contribution in [0.25, 0.3) is 0 Å². The quantitative estimate of drug-likeness (QED) is 0.890. The van der Waals surface area contributed by atoms with E-state index in [2.05, 4.69) is 4.98 Å². The number of aromatic nitrogens is 1. The minimum atomic E-state index is -0.717. The molecule has 0 amide bonds. The maximum atomic E-state index is 10.4. The third-order valence-corrected chi connectivity index (χ3v) is 3.34. The highest BCUT2D eigenvalue weighted by atomic mass is 35.5. The Morgan fingerprint density at radius 1 is 1.17 bits per heavy atom. The number of nitrogens with zero attached hydrogens (tertiary/aromatic N) is 1. The summed E-state index contributed by atoms with van der Waals surface area (Å²) < 4.78 is 0. The lowest BCUT2D eigenvalue weighted by atomic mass is 9.90. The Labute approximate surface area is 111 Å². The van der Waals surface area contributed by atoms with E-state index in [9.17, 15) is 5.11 Å². The molecule has 0 spiro atoms. The molecule has 0 aliphatic carbocycles. The van der Waals surface area contributed by atoms with Crippen molar-refractivity contribution >= 4 is 11.6 Å². The van der Waals surface area contributed by atoms with Crippen molar-refractivity contribution < 1.29 is 5.11 Å². The molecule has 3 N–H and O–H groups in total. The summed E-state index contributed by atoms with van der Waals surface area (Å²) in [5, 5.41) is 11.0. The van der Waals surface area contributed by atoms with Gasteiger partial charge in [-0.1, -0.05) is 29.8 Å². The number of aliphatic hydroxyl groups excluding tert-OH is 1. The van der Waals surface area contributed by atoms with Crippen LogP contribution in [0.3, 0.4) is 0 Å². The zero-order valence-electron chi connectivity index (χ0n) is 9.83. The molecule has 0 bridgehead atoms. The van der Waals surface area contributed by atoms with E-state index >= 15 is 0 Å². The molecule has 3 nitrogen and oxygen atoms in total. The highest BCUT2D eigenvalue weighted by Gasteiger charge is 2.22. The Morgan fingerprint density at radius 2 is 1.83 bits per heavy atom. The lowest BCUT2D eigenvalue weighted by molar-refractivity contribution is 0.147. The molecule has 1 aromatic carbocycles. The molecule has 0 saturated carbocycles. The topological polar surface area (TPSA) is 59.1 Å². The lowest BCUT2D eigenvalue weighted by Gasteiger charge is -2.22. The number of nitrogens with two attached hydrogens (primary N) is 1. The Hall–Kier alpha value is -1.42. The van der Waals surface area contributed by atoms with Crippen LogP contribution in [0.2, 0.25) is 5.02 Å². The molecule has 94 valence electrons. The van der Waals surface area contributed by atoms with E-state index in [0.717, 1.165) is 5.56 Å². The molecular weight excluding hydrogens is 248 g/mol. The summed E-state index contributed by atoms with van der Waals surface area (Å²) in [5.74, 6) is -0.187. The second-order valence-corrected chi connectivity index (χ2v) is 4.50. The third-order valence-electron chi connectivity index (χ3n) is 2.99. The maximum absolute atomic E-state index is 10.4. The maximum Gasteiger partial charge on any atom is 0.0885 e. The predicted octanol–water partition coefficient (Wildman–Crippen LogP) is 2.51. The van der Waals surface area contributed by atoms with Gasteiger partial charge in [-0.15, -0.1) is 0 Å². The van der Waals surface area contributed by atoms with E-state index in [4.69, 9.17) is 17.3 Å². The first-order chi connectivity index (χ1) is 8.74. The van der Waals surface area contributed by atoms with E-state index < -0.39 is 6.10 Å². The summed E-state index contributed by atoms with van der Waals surface area (Å²) in [5.41, 5.74) is 7.43. The molecule has 1 heterocycles. The van der Waals surface area contributed by atoms with Crippen LogP contribution in [-0.4, -0.2) is 16.6 Å². The van der Waals surface area contributed by atoms with Crippen molar-refractivity contribution in [3.05, 3.63) is 64.9 Å². The first-order valence-corrected chi connectivity index (χ1v) is 6.14. The van der Waals surface area contributed by atoms with Gasteiger partial charge in [0.25, 0.3) is 0 Å². The fourth-order valence-electron chi connectivity index (χ4n) is 1.99. The van der Waals surface area contributed by atoms with Crippen LogP contribution in [-0.2, 0) is 0 Å². The highest BCUT2D eigenvalue weighted by Crippen LogP contribution is 2.33. The van der Waals surface area contributed by atoms with E-state index in [1.54, 1.807) is 18.5 Å². The van der Waals surface area contributed by atoms with Crippen molar-refractivity contribution in [1.82, 2.24) is 4.98 Å². The summed E-state index contributed by atoms with van der Waals surface area (Å²) in [6.45, 7) is 0.344. The van der Waals surface area contributed by atoms with Crippen LogP contribution in [0, 0.1) is 0 Å². The van der Waals surface area contributed by atoms with Crippen LogP contribution >= 0.6 is 11.6 Å². The Morgan fingerprint density at radius 3 is 2.44 bits per heavy atom. The molecule has 2 unspecified atom stereocenters. The molecule has 0 aliphatic rings. The monoisotopic (exact) mass is 262 g/mol. The molecule has 2 aromatic rings. The average Bonchev–Trinajstić information content (AvgIpc) is 2.41. The van der Waals surface area contributed by atoms with E-state index in [-0.39, 0.29) is 5.92 Å². The average molecular weight is 263 g/mol. The van der Waals surface area contributed by atoms with Gasteiger partial charge in [-0.2, -0.15) is 0 Å². The van der Waals surface area contributed by atoms with Gasteiger partial charge < -0.3 is 10.8 Å². The zero-order chi connectivity index (χ0) is 13.0. The predicted molar refractivity (Wildman–Crippen MR) is 72.4 cm³/mol. The summed E-state index contributed by atoms with van der Waals surface area (Å²) in [6.07, 6.45) is 2.67. The Balaban J connectivity index is 2.32. The van der Waals surface area contributed by atoms with Crippen LogP contribution < -0.4 is 5.73 Å². The second-order valence-electron chi connectivity index (χ2n) is 4.09. The molecular formula is C14H15ClN2O. The molecule has 2 rings (SSSR count). The summed E-state index contributed by atoms with van der Waals surface area (Å²) in [6, 6.07) is 11.0. The van der Waals surface area contributed by atoms with Crippen molar-refractivity contribution in [3.63, 3.8) is 0 Å². The molecule has 1 aromatic heterocycles. The molecule has 2 atom stereocenters. The van der Waals surface area contributed by atoms with Gasteiger partial charge in [0.05, 0.1) is 6.10 Å². The van der Waals surface area contributed by atoms with Gasteiger partial charge in [0.15, 0.2) is 0 Å². The van der Waals surface area contributed by atoms with E-state index in [1.165, 1.54) is 0 Å². The van der Waals surface area contributed by atoms with E-state index in [0.29, 0.717) is 17.1 Å². The zero-order valence-corrected chi connectivity index (χ0v) is 10.6. The SMILES string of the molecule is NCC(c1ccncc1)C(O)c1ccccc1Cl. The minimum absolute atomic E-state index is 0.187. The third kappa shape index (κ3) is 2.70. The summed E-state index contributed by atoms with van der Waals surface area (Å²) in [4.78, 5) is 3.96. The standard InChI is InChI=1S/C14H15ClN2O/c15-13-4-2-1-3-11(13)14(18)12(9-16)10-5-7-17-8-6-10/h1-8,12,14,18H,9,16H2. The molecule has 0 fully saturated rings. The summed E-state index contributed by atoms with van der Waals surface area (Å²) in [7, 11) is 0. The van der Waals surface area contributed by atoms with Gasteiger partial charge in [0, 0.05) is 29.9 Å². The van der Waals surface area contributed by atoms with Gasteiger partial charge in [-0.25, -0.2) is 0 Å². The number of benzene rings is 1. The van der Waals surface area contributed by atoms with Gasteiger partial charge in [0.1, 0.15) is 0 Å². The van der Waals surface area contributed by atoms with Gasteiger partial charge in [-0.05, 0) is 29.3 Å². The molecule has 18 heavy (non-hydrogen) atoms. The molecule has 0 aliphatic heterocycles. The van der Waals surface area contributed by atoms with Crippen molar-refractivity contribution in [2.75, 3.05) is 6.54 Å². The summed E-state index contributed by atoms with van der Waals surface area (Å²) >= 11 is 6.09. The van der Waals surface area contributed by atoms with Crippen molar-refractivity contribution in [1.29, 1.82) is 0 Å². The lowest BCUT2D eigenvalue weighted by Crippen LogP contribution is -2.20. The van der Waals surface area contributed by atoms with Gasteiger partial charge >= 0.3 is 0 Å². The fraction of sp³-hybridized carbons (Fsp3) is 0.214. The Bertz CT molecular complexity index is 504. The van der Waals surface area contributed by atoms with Gasteiger partial charge in [-0.3, -0.25) is 4.98 Å². The Kier molecular flexibility index (Phi) is 4.31. The van der Waals surface area contributed by atoms with Crippen molar-refractivity contribution in [3.8, 4) is 0 Å². The molecule has 0 radical (unpaired) electrons. The van der Waals surface area contributed by atoms with E-state index in [1.807, 2.05) is 30.3 Å². The normalized spacial score (nSPS) is 14.2. The molecule has 0 saturated heterocycles. The number of rotatable bonds is 4. The largest absolute Gasteiger partial charge is 0.388 e.